The number of nitrogens with zero attached hydrogens (tertiary/aromatic N) is 2. The molecule has 2 aromatic heterocycles. The quantitative estimate of drug-likeness (QED) is 0.776. The average molecular weight is 259 g/mol. The standard InChI is InChI=1S/C13H17N5O/c1-3-10(12-15-4-5-16-12)18-13(19)9-6-8(2)17-11(14)7-9/h4-7,10H,3H2,1-2H3,(H2,14,17)(H,15,16)(H,18,19). The van der Waals surface area contributed by atoms with Gasteiger partial charge in [-0.1, -0.05) is 6.92 Å². The van der Waals surface area contributed by atoms with E-state index in [1.165, 1.54) is 0 Å². The summed E-state index contributed by atoms with van der Waals surface area (Å²) in [4.78, 5) is 23.4. The maximum atomic E-state index is 12.2. The van der Waals surface area contributed by atoms with Crippen molar-refractivity contribution in [3.8, 4) is 0 Å². The number of carbonyl (C=O) groups excluding carboxylic acids is 1. The SMILES string of the molecule is CCC(NC(=O)c1cc(C)nc(N)c1)c1ncc[nH]1. The first kappa shape index (κ1) is 13.1. The third-order valence-electron chi connectivity index (χ3n) is 2.80. The van der Waals surface area contributed by atoms with Crippen LogP contribution in [-0.2, 0) is 0 Å². The van der Waals surface area contributed by atoms with Crippen LogP contribution < -0.4 is 11.1 Å². The molecule has 1 atom stereocenters. The third-order valence-corrected chi connectivity index (χ3v) is 2.80. The van der Waals surface area contributed by atoms with Crippen LogP contribution in [0.15, 0.2) is 24.5 Å². The highest BCUT2D eigenvalue weighted by Gasteiger charge is 2.16. The van der Waals surface area contributed by atoms with Crippen LogP contribution in [0.1, 0.15) is 41.3 Å². The second-order valence-electron chi connectivity index (χ2n) is 4.33. The zero-order chi connectivity index (χ0) is 13.8. The highest BCUT2D eigenvalue weighted by Crippen LogP contribution is 2.14. The normalized spacial score (nSPS) is 12.1. The predicted molar refractivity (Wildman–Crippen MR) is 72.5 cm³/mol. The molecule has 100 valence electrons. The number of carbonyl (C=O) groups is 1. The van der Waals surface area contributed by atoms with Crippen LogP contribution in [0.3, 0.4) is 0 Å². The number of nitrogens with two attached hydrogens (primary N) is 1. The Bertz CT molecular complexity index is 544. The summed E-state index contributed by atoms with van der Waals surface area (Å²) >= 11 is 0. The molecular formula is C13H17N5O. The highest BCUT2D eigenvalue weighted by atomic mass is 16.1. The van der Waals surface area contributed by atoms with E-state index < -0.39 is 0 Å². The van der Waals surface area contributed by atoms with Crippen LogP contribution in [0.4, 0.5) is 5.82 Å². The lowest BCUT2D eigenvalue weighted by Gasteiger charge is -2.15. The predicted octanol–water partition coefficient (Wildman–Crippen LogP) is 1.58. The van der Waals surface area contributed by atoms with Crippen molar-refractivity contribution in [3.05, 3.63) is 41.6 Å². The van der Waals surface area contributed by atoms with Crippen LogP contribution in [0.2, 0.25) is 0 Å². The van der Waals surface area contributed by atoms with Crippen molar-refractivity contribution in [2.75, 3.05) is 5.73 Å². The summed E-state index contributed by atoms with van der Waals surface area (Å²) in [6.07, 6.45) is 4.15. The van der Waals surface area contributed by atoms with Gasteiger partial charge in [0, 0.05) is 23.7 Å². The Balaban J connectivity index is 2.15. The van der Waals surface area contributed by atoms with Crippen LogP contribution in [0.25, 0.3) is 0 Å². The van der Waals surface area contributed by atoms with Crippen molar-refractivity contribution in [1.82, 2.24) is 20.3 Å². The largest absolute Gasteiger partial charge is 0.384 e. The summed E-state index contributed by atoms with van der Waals surface area (Å²) in [5, 5.41) is 2.92. The number of aryl methyl sites for hydroxylation is 1. The van der Waals surface area contributed by atoms with E-state index in [1.54, 1.807) is 31.5 Å². The number of amides is 1. The van der Waals surface area contributed by atoms with Crippen molar-refractivity contribution < 1.29 is 4.79 Å². The lowest BCUT2D eigenvalue weighted by molar-refractivity contribution is 0.0933. The molecule has 1 amide bonds. The van der Waals surface area contributed by atoms with E-state index in [9.17, 15) is 4.79 Å². The maximum absolute atomic E-state index is 12.2. The molecule has 0 aliphatic carbocycles. The monoisotopic (exact) mass is 259 g/mol. The highest BCUT2D eigenvalue weighted by molar-refractivity contribution is 5.95. The van der Waals surface area contributed by atoms with Crippen LogP contribution in [0, 0.1) is 6.92 Å². The second kappa shape index (κ2) is 5.51. The number of hydrogen-bond donors (Lipinski definition) is 3. The van der Waals surface area contributed by atoms with Gasteiger partial charge >= 0.3 is 0 Å². The Morgan fingerprint density at radius 1 is 1.53 bits per heavy atom. The van der Waals surface area contributed by atoms with Crippen LogP contribution in [-0.4, -0.2) is 20.9 Å². The molecule has 0 aliphatic heterocycles. The van der Waals surface area contributed by atoms with Gasteiger partial charge in [0.05, 0.1) is 6.04 Å². The van der Waals surface area contributed by atoms with Gasteiger partial charge in [0.2, 0.25) is 0 Å². The molecule has 0 saturated carbocycles. The lowest BCUT2D eigenvalue weighted by Crippen LogP contribution is -2.29. The van der Waals surface area contributed by atoms with Crippen LogP contribution in [0.5, 0.6) is 0 Å². The minimum absolute atomic E-state index is 0.141. The van der Waals surface area contributed by atoms with E-state index >= 15 is 0 Å². The smallest absolute Gasteiger partial charge is 0.252 e. The maximum Gasteiger partial charge on any atom is 0.252 e. The van der Waals surface area contributed by atoms with Gasteiger partial charge in [0.1, 0.15) is 11.6 Å². The summed E-state index contributed by atoms with van der Waals surface area (Å²) in [6.45, 7) is 3.79. The van der Waals surface area contributed by atoms with Crippen molar-refractivity contribution >= 4 is 11.7 Å². The van der Waals surface area contributed by atoms with Gasteiger partial charge in [-0.2, -0.15) is 0 Å². The topological polar surface area (TPSA) is 96.7 Å². The van der Waals surface area contributed by atoms with Gasteiger partial charge < -0.3 is 16.0 Å². The van der Waals surface area contributed by atoms with E-state index in [4.69, 9.17) is 5.73 Å². The summed E-state index contributed by atoms with van der Waals surface area (Å²) in [7, 11) is 0. The number of hydrogen-bond acceptors (Lipinski definition) is 4. The van der Waals surface area contributed by atoms with Gasteiger partial charge in [-0.15, -0.1) is 0 Å². The van der Waals surface area contributed by atoms with Gasteiger partial charge in [-0.25, -0.2) is 9.97 Å². The molecule has 2 rings (SSSR count). The molecule has 0 spiro atoms. The first-order chi connectivity index (χ1) is 9.10. The Morgan fingerprint density at radius 3 is 2.89 bits per heavy atom. The summed E-state index contributed by atoms with van der Waals surface area (Å²) < 4.78 is 0. The first-order valence-electron chi connectivity index (χ1n) is 6.14. The Hall–Kier alpha value is -2.37. The van der Waals surface area contributed by atoms with E-state index in [0.29, 0.717) is 11.4 Å². The number of pyridine rings is 1. The van der Waals surface area contributed by atoms with Gasteiger partial charge in [0.25, 0.3) is 5.91 Å². The first-order valence-corrected chi connectivity index (χ1v) is 6.14. The fourth-order valence-electron chi connectivity index (χ4n) is 1.90. The number of anilines is 1. The van der Waals surface area contributed by atoms with Gasteiger partial charge in [-0.3, -0.25) is 4.79 Å². The van der Waals surface area contributed by atoms with Crippen molar-refractivity contribution in [3.63, 3.8) is 0 Å². The molecule has 19 heavy (non-hydrogen) atoms. The molecule has 0 bridgehead atoms. The number of imidazole rings is 1. The van der Waals surface area contributed by atoms with Crippen molar-refractivity contribution in [1.29, 1.82) is 0 Å². The number of nitrogens with one attached hydrogen (secondary N) is 2. The molecule has 6 heteroatoms. The summed E-state index contributed by atoms with van der Waals surface area (Å²) in [5.74, 6) is 0.909. The van der Waals surface area contributed by atoms with E-state index in [2.05, 4.69) is 20.3 Å². The average Bonchev–Trinajstić information content (AvgIpc) is 2.88. The zero-order valence-corrected chi connectivity index (χ0v) is 11.0. The summed E-state index contributed by atoms with van der Waals surface area (Å²) in [6, 6.07) is 3.13. The Morgan fingerprint density at radius 2 is 2.32 bits per heavy atom. The molecule has 4 N–H and O–H groups in total. The molecule has 1 unspecified atom stereocenters. The molecular weight excluding hydrogens is 242 g/mol. The second-order valence-corrected chi connectivity index (χ2v) is 4.33. The van der Waals surface area contributed by atoms with E-state index in [-0.39, 0.29) is 11.9 Å². The summed E-state index contributed by atoms with van der Waals surface area (Å²) in [5.41, 5.74) is 6.87. The number of rotatable bonds is 4. The molecule has 2 aromatic rings. The van der Waals surface area contributed by atoms with Crippen molar-refractivity contribution in [2.45, 2.75) is 26.3 Å². The molecule has 0 radical (unpaired) electrons. The fourth-order valence-corrected chi connectivity index (χ4v) is 1.90. The van der Waals surface area contributed by atoms with E-state index in [1.807, 2.05) is 6.92 Å². The zero-order valence-electron chi connectivity index (χ0n) is 11.0. The minimum Gasteiger partial charge on any atom is -0.384 e. The van der Waals surface area contributed by atoms with Crippen molar-refractivity contribution in [2.24, 2.45) is 0 Å². The molecule has 6 nitrogen and oxygen atoms in total. The van der Waals surface area contributed by atoms with E-state index in [0.717, 1.165) is 17.9 Å². The number of aromatic amines is 1. The number of H-pyrrole nitrogens is 1. The third kappa shape index (κ3) is 3.09. The lowest BCUT2D eigenvalue weighted by atomic mass is 10.1. The molecule has 2 heterocycles. The van der Waals surface area contributed by atoms with Gasteiger partial charge in [-0.05, 0) is 25.5 Å². The fraction of sp³-hybridized carbons (Fsp3) is 0.308. The molecule has 0 aromatic carbocycles. The molecule has 0 fully saturated rings. The molecule has 0 aliphatic rings. The Labute approximate surface area is 111 Å². The Kier molecular flexibility index (Phi) is 3.79. The number of aromatic nitrogens is 3. The van der Waals surface area contributed by atoms with Crippen LogP contribution >= 0.6 is 0 Å². The number of nitrogen functional groups attached to an aromatic ring is 1. The molecule has 0 saturated heterocycles. The minimum atomic E-state index is -0.180. The van der Waals surface area contributed by atoms with Gasteiger partial charge in [0.15, 0.2) is 0 Å².